The van der Waals surface area contributed by atoms with Gasteiger partial charge in [-0.3, -0.25) is 4.79 Å². The summed E-state index contributed by atoms with van der Waals surface area (Å²) in [6.07, 6.45) is 1.90. The van der Waals surface area contributed by atoms with Gasteiger partial charge in [0.25, 0.3) is 5.91 Å². The molecule has 1 N–H and O–H groups in total. The third-order valence-corrected chi connectivity index (χ3v) is 8.71. The van der Waals surface area contributed by atoms with Crippen LogP contribution in [-0.2, 0) is 20.9 Å². The highest BCUT2D eigenvalue weighted by Crippen LogP contribution is 2.57. The largest absolute Gasteiger partial charge is 0.458 e. The standard InChI is InChI=1S/C24H31ClNO3P/c1-6-10-21(24(28)26-23-17(2)13-20(25)14-18(23)3)30(4,5)16-22(27)29-15-19-11-8-7-9-12-19/h7-9,11-14,21H,6,10,15-16H2,1-5H3/p+1. The Morgan fingerprint density at radius 3 is 2.27 bits per heavy atom. The molecule has 0 fully saturated rings. The van der Waals surface area contributed by atoms with E-state index in [1.807, 2.05) is 56.3 Å². The fourth-order valence-electron chi connectivity index (χ4n) is 3.61. The quantitative estimate of drug-likeness (QED) is 0.373. The minimum Gasteiger partial charge on any atom is -0.458 e. The lowest BCUT2D eigenvalue weighted by Gasteiger charge is -2.27. The highest BCUT2D eigenvalue weighted by atomic mass is 35.5. The monoisotopic (exact) mass is 448 g/mol. The van der Waals surface area contributed by atoms with E-state index in [1.165, 1.54) is 0 Å². The van der Waals surface area contributed by atoms with E-state index in [0.29, 0.717) is 5.02 Å². The zero-order chi connectivity index (χ0) is 22.3. The van der Waals surface area contributed by atoms with Crippen molar-refractivity contribution >= 4 is 36.4 Å². The molecular weight excluding hydrogens is 417 g/mol. The molecule has 0 spiro atoms. The van der Waals surface area contributed by atoms with Crippen LogP contribution < -0.4 is 5.32 Å². The third-order valence-electron chi connectivity index (χ3n) is 5.23. The van der Waals surface area contributed by atoms with Crippen molar-refractivity contribution in [2.45, 2.75) is 45.9 Å². The third kappa shape index (κ3) is 6.82. The summed E-state index contributed by atoms with van der Waals surface area (Å²) in [5.41, 5.74) is 3.42. The van der Waals surface area contributed by atoms with E-state index in [-0.39, 0.29) is 30.3 Å². The molecule has 2 rings (SSSR count). The summed E-state index contributed by atoms with van der Waals surface area (Å²) < 4.78 is 5.48. The van der Waals surface area contributed by atoms with Gasteiger partial charge in [0.15, 0.2) is 6.16 Å². The first-order chi connectivity index (χ1) is 14.1. The molecule has 1 amide bonds. The molecule has 0 radical (unpaired) electrons. The topological polar surface area (TPSA) is 55.4 Å². The maximum absolute atomic E-state index is 13.2. The van der Waals surface area contributed by atoms with Crippen molar-refractivity contribution in [2.75, 3.05) is 24.8 Å². The second-order valence-electron chi connectivity index (χ2n) is 8.29. The molecule has 162 valence electrons. The Balaban J connectivity index is 2.08. The van der Waals surface area contributed by atoms with Gasteiger partial charge in [-0.1, -0.05) is 55.3 Å². The van der Waals surface area contributed by atoms with E-state index in [4.69, 9.17) is 16.3 Å². The average molecular weight is 449 g/mol. The van der Waals surface area contributed by atoms with Gasteiger partial charge in [-0.15, -0.1) is 0 Å². The summed E-state index contributed by atoms with van der Waals surface area (Å²) in [6.45, 7) is 10.3. The Morgan fingerprint density at radius 1 is 1.10 bits per heavy atom. The summed E-state index contributed by atoms with van der Waals surface area (Å²) in [5.74, 6) is -0.274. The lowest BCUT2D eigenvalue weighted by molar-refractivity contribution is -0.141. The Bertz CT molecular complexity index is 860. The van der Waals surface area contributed by atoms with Crippen molar-refractivity contribution in [1.82, 2.24) is 0 Å². The highest BCUT2D eigenvalue weighted by molar-refractivity contribution is 7.76. The first kappa shape index (κ1) is 24.4. The first-order valence-electron chi connectivity index (χ1n) is 10.2. The molecule has 1 unspecified atom stereocenters. The van der Waals surface area contributed by atoms with Crippen molar-refractivity contribution in [3.05, 3.63) is 64.2 Å². The summed E-state index contributed by atoms with van der Waals surface area (Å²) in [6, 6.07) is 13.3. The molecule has 1 atom stereocenters. The number of benzene rings is 2. The van der Waals surface area contributed by atoms with E-state index in [1.54, 1.807) is 0 Å². The summed E-state index contributed by atoms with van der Waals surface area (Å²) >= 11 is 6.12. The molecule has 0 saturated heterocycles. The summed E-state index contributed by atoms with van der Waals surface area (Å²) in [4.78, 5) is 25.8. The maximum atomic E-state index is 13.2. The molecule has 0 aromatic heterocycles. The number of nitrogens with one attached hydrogen (secondary N) is 1. The first-order valence-corrected chi connectivity index (χ1v) is 13.6. The molecule has 6 heteroatoms. The fourth-order valence-corrected chi connectivity index (χ4v) is 6.57. The van der Waals surface area contributed by atoms with E-state index >= 15 is 0 Å². The number of hydrogen-bond acceptors (Lipinski definition) is 3. The van der Waals surface area contributed by atoms with Crippen LogP contribution in [0.1, 0.15) is 36.5 Å². The molecule has 0 aliphatic rings. The van der Waals surface area contributed by atoms with E-state index in [2.05, 4.69) is 25.6 Å². The lowest BCUT2D eigenvalue weighted by atomic mass is 10.1. The van der Waals surface area contributed by atoms with Crippen molar-refractivity contribution in [3.8, 4) is 0 Å². The molecule has 2 aromatic carbocycles. The van der Waals surface area contributed by atoms with Gasteiger partial charge in [-0.05, 0) is 49.1 Å². The molecule has 2 aromatic rings. The van der Waals surface area contributed by atoms with Crippen LogP contribution in [0.5, 0.6) is 0 Å². The second kappa shape index (κ2) is 10.9. The maximum Gasteiger partial charge on any atom is 0.344 e. The number of aryl methyl sites for hydroxylation is 2. The van der Waals surface area contributed by atoms with Gasteiger partial charge in [0.1, 0.15) is 12.3 Å². The molecule has 4 nitrogen and oxygen atoms in total. The van der Waals surface area contributed by atoms with Crippen molar-refractivity contribution in [2.24, 2.45) is 0 Å². The van der Waals surface area contributed by atoms with Crippen LogP contribution in [0.15, 0.2) is 42.5 Å². The van der Waals surface area contributed by atoms with Gasteiger partial charge in [0.2, 0.25) is 0 Å². The molecular formula is C24H32ClNO3P+. The van der Waals surface area contributed by atoms with Crippen molar-refractivity contribution in [1.29, 1.82) is 0 Å². The minimum absolute atomic E-state index is 0.0282. The van der Waals surface area contributed by atoms with Crippen LogP contribution in [-0.4, -0.2) is 37.0 Å². The molecule has 0 aliphatic heterocycles. The van der Waals surface area contributed by atoms with Crippen LogP contribution in [0.4, 0.5) is 5.69 Å². The zero-order valence-electron chi connectivity index (χ0n) is 18.5. The molecule has 0 saturated carbocycles. The second-order valence-corrected chi connectivity index (χ2v) is 13.2. The summed E-state index contributed by atoms with van der Waals surface area (Å²) in [7, 11) is -1.89. The van der Waals surface area contributed by atoms with Crippen molar-refractivity contribution in [3.63, 3.8) is 0 Å². The molecule has 0 bridgehead atoms. The van der Waals surface area contributed by atoms with E-state index in [0.717, 1.165) is 35.2 Å². The number of esters is 1. The Labute approximate surface area is 185 Å². The van der Waals surface area contributed by atoms with Crippen LogP contribution in [0.3, 0.4) is 0 Å². The molecule has 0 heterocycles. The van der Waals surface area contributed by atoms with Crippen LogP contribution >= 0.6 is 18.9 Å². The number of rotatable bonds is 9. The van der Waals surface area contributed by atoms with Crippen LogP contribution in [0.25, 0.3) is 0 Å². The normalized spacial score (nSPS) is 12.3. The van der Waals surface area contributed by atoms with Gasteiger partial charge in [-0.2, -0.15) is 0 Å². The average Bonchev–Trinajstić information content (AvgIpc) is 2.67. The predicted molar refractivity (Wildman–Crippen MR) is 128 cm³/mol. The smallest absolute Gasteiger partial charge is 0.344 e. The van der Waals surface area contributed by atoms with Gasteiger partial charge in [-0.25, -0.2) is 4.79 Å². The number of hydrogen-bond donors (Lipinski definition) is 1. The Kier molecular flexibility index (Phi) is 8.88. The van der Waals surface area contributed by atoms with Gasteiger partial charge >= 0.3 is 5.97 Å². The number of ether oxygens (including phenoxy) is 1. The number of carbonyl (C=O) groups is 2. The van der Waals surface area contributed by atoms with Gasteiger partial charge in [0.05, 0.1) is 0 Å². The lowest BCUT2D eigenvalue weighted by Crippen LogP contribution is -2.33. The minimum atomic E-state index is -1.89. The molecule has 30 heavy (non-hydrogen) atoms. The zero-order valence-corrected chi connectivity index (χ0v) is 20.1. The molecule has 0 aliphatic carbocycles. The van der Waals surface area contributed by atoms with Crippen LogP contribution in [0, 0.1) is 13.8 Å². The van der Waals surface area contributed by atoms with Gasteiger partial charge < -0.3 is 10.1 Å². The highest BCUT2D eigenvalue weighted by Gasteiger charge is 2.43. The number of carbonyl (C=O) groups excluding carboxylic acids is 2. The fraction of sp³-hybridized carbons (Fsp3) is 0.417. The van der Waals surface area contributed by atoms with E-state index < -0.39 is 7.26 Å². The summed E-state index contributed by atoms with van der Waals surface area (Å²) in [5, 5.41) is 3.76. The van der Waals surface area contributed by atoms with Crippen LogP contribution in [0.2, 0.25) is 5.02 Å². The Morgan fingerprint density at radius 2 is 1.70 bits per heavy atom. The predicted octanol–water partition coefficient (Wildman–Crippen LogP) is 6.08. The van der Waals surface area contributed by atoms with E-state index in [9.17, 15) is 9.59 Å². The van der Waals surface area contributed by atoms with Gasteiger partial charge in [0, 0.05) is 31.3 Å². The number of halogens is 1. The SMILES string of the molecule is CCCC(C(=O)Nc1c(C)cc(Cl)cc1C)[P+](C)(C)CC(=O)OCc1ccccc1. The van der Waals surface area contributed by atoms with Crippen molar-refractivity contribution < 1.29 is 14.3 Å². The number of amides is 1. The Hall–Kier alpha value is -1.90. The number of anilines is 1.